The summed E-state index contributed by atoms with van der Waals surface area (Å²) in [5.41, 5.74) is 2.83. The predicted octanol–water partition coefficient (Wildman–Crippen LogP) is 4.50. The number of thiophene rings is 1. The summed E-state index contributed by atoms with van der Waals surface area (Å²) in [6.07, 6.45) is 4.07. The highest BCUT2D eigenvalue weighted by Gasteiger charge is 2.18. The van der Waals surface area contributed by atoms with Gasteiger partial charge in [-0.1, -0.05) is 24.3 Å². The van der Waals surface area contributed by atoms with Crippen molar-refractivity contribution in [1.82, 2.24) is 15.0 Å². The van der Waals surface area contributed by atoms with Crippen molar-refractivity contribution in [3.8, 4) is 16.3 Å². The first-order valence-corrected chi connectivity index (χ1v) is 10.4. The molecule has 7 nitrogen and oxygen atoms in total. The molecule has 0 aliphatic rings. The smallest absolute Gasteiger partial charge is 0.349 e. The molecule has 0 spiro atoms. The minimum atomic E-state index is -1.01. The highest BCUT2D eigenvalue weighted by atomic mass is 32.1. The van der Waals surface area contributed by atoms with E-state index < -0.39 is 5.97 Å². The second-order valence-electron chi connectivity index (χ2n) is 6.50. The van der Waals surface area contributed by atoms with Crippen molar-refractivity contribution in [1.29, 1.82) is 0 Å². The fourth-order valence-electron chi connectivity index (χ4n) is 3.20. The van der Waals surface area contributed by atoms with E-state index in [-0.39, 0.29) is 4.88 Å². The summed E-state index contributed by atoms with van der Waals surface area (Å²) in [5, 5.41) is 13.8. The standard InChI is InChI=1S/C22H20N4O3S/c1-2-29-17-12-18(30-21(17)22(27)28)16-11-19(26-13-25-16)23-10-8-15-6-3-5-14-7-4-9-24-20(14)15/h3-7,9,11-13H,2,8,10H2,1H3,(H,27,28)(H,23,25,26). The topological polar surface area (TPSA) is 97.2 Å². The number of aromatic nitrogens is 3. The number of anilines is 1. The molecule has 0 bridgehead atoms. The number of hydrogen-bond acceptors (Lipinski definition) is 7. The van der Waals surface area contributed by atoms with Gasteiger partial charge < -0.3 is 15.2 Å². The molecule has 0 saturated heterocycles. The highest BCUT2D eigenvalue weighted by molar-refractivity contribution is 7.17. The molecule has 3 heterocycles. The molecule has 0 aliphatic heterocycles. The van der Waals surface area contributed by atoms with E-state index in [9.17, 15) is 9.90 Å². The molecule has 4 rings (SSSR count). The first kappa shape index (κ1) is 19.8. The summed E-state index contributed by atoms with van der Waals surface area (Å²) in [5.74, 6) is 0.0313. The number of carbonyl (C=O) groups is 1. The van der Waals surface area contributed by atoms with Crippen LogP contribution in [0.1, 0.15) is 22.2 Å². The molecule has 0 amide bonds. The van der Waals surface area contributed by atoms with Gasteiger partial charge in [-0.3, -0.25) is 4.98 Å². The van der Waals surface area contributed by atoms with Crippen molar-refractivity contribution < 1.29 is 14.6 Å². The van der Waals surface area contributed by atoms with Gasteiger partial charge in [0, 0.05) is 30.3 Å². The minimum Gasteiger partial charge on any atom is -0.492 e. The lowest BCUT2D eigenvalue weighted by atomic mass is 10.1. The fourth-order valence-corrected chi connectivity index (χ4v) is 4.10. The van der Waals surface area contributed by atoms with Crippen LogP contribution in [0.15, 0.2) is 55.0 Å². The van der Waals surface area contributed by atoms with Crippen LogP contribution in [0.4, 0.5) is 5.82 Å². The molecule has 0 atom stereocenters. The van der Waals surface area contributed by atoms with E-state index >= 15 is 0 Å². The quantitative estimate of drug-likeness (QED) is 0.433. The van der Waals surface area contributed by atoms with E-state index in [0.717, 1.165) is 33.5 Å². The number of aromatic carboxylic acids is 1. The van der Waals surface area contributed by atoms with Gasteiger partial charge in [-0.15, -0.1) is 11.3 Å². The lowest BCUT2D eigenvalue weighted by Crippen LogP contribution is -2.07. The molecule has 0 fully saturated rings. The Morgan fingerprint density at radius 1 is 1.17 bits per heavy atom. The third-order valence-electron chi connectivity index (χ3n) is 4.53. The zero-order valence-corrected chi connectivity index (χ0v) is 17.1. The van der Waals surface area contributed by atoms with Crippen molar-refractivity contribution >= 4 is 34.0 Å². The molecule has 3 aromatic heterocycles. The molecule has 0 aliphatic carbocycles. The van der Waals surface area contributed by atoms with Crippen molar-refractivity contribution in [2.75, 3.05) is 18.5 Å². The van der Waals surface area contributed by atoms with Gasteiger partial charge in [0.15, 0.2) is 4.88 Å². The van der Waals surface area contributed by atoms with Gasteiger partial charge in [0.25, 0.3) is 0 Å². The van der Waals surface area contributed by atoms with E-state index in [1.807, 2.05) is 25.1 Å². The first-order valence-electron chi connectivity index (χ1n) is 9.54. The Kier molecular flexibility index (Phi) is 5.85. The Balaban J connectivity index is 1.49. The Hall–Kier alpha value is -3.52. The molecular weight excluding hydrogens is 400 g/mol. The Bertz CT molecular complexity index is 1190. The zero-order chi connectivity index (χ0) is 20.9. The third-order valence-corrected chi connectivity index (χ3v) is 5.66. The number of fused-ring (bicyclic) bond motifs is 1. The summed E-state index contributed by atoms with van der Waals surface area (Å²) in [6, 6.07) is 13.7. The van der Waals surface area contributed by atoms with Gasteiger partial charge in [-0.2, -0.15) is 0 Å². The van der Waals surface area contributed by atoms with Crippen LogP contribution in [0.2, 0.25) is 0 Å². The molecule has 4 aromatic rings. The second kappa shape index (κ2) is 8.87. The summed E-state index contributed by atoms with van der Waals surface area (Å²) in [7, 11) is 0. The van der Waals surface area contributed by atoms with Gasteiger partial charge in [0.1, 0.15) is 17.9 Å². The Labute approximate surface area is 177 Å². The number of pyridine rings is 1. The molecule has 0 radical (unpaired) electrons. The van der Waals surface area contributed by atoms with E-state index in [0.29, 0.717) is 30.4 Å². The normalized spacial score (nSPS) is 10.8. The van der Waals surface area contributed by atoms with Crippen LogP contribution in [0, 0.1) is 0 Å². The predicted molar refractivity (Wildman–Crippen MR) is 117 cm³/mol. The number of rotatable bonds is 8. The maximum atomic E-state index is 11.5. The number of ether oxygens (including phenoxy) is 1. The van der Waals surface area contributed by atoms with E-state index in [4.69, 9.17) is 4.74 Å². The lowest BCUT2D eigenvalue weighted by molar-refractivity contribution is 0.0698. The molecular formula is C22H20N4O3S. The van der Waals surface area contributed by atoms with E-state index in [2.05, 4.69) is 38.5 Å². The number of nitrogens with zero attached hydrogens (tertiary/aromatic N) is 3. The van der Waals surface area contributed by atoms with Crippen molar-refractivity contribution in [2.24, 2.45) is 0 Å². The van der Waals surface area contributed by atoms with Crippen LogP contribution in [0.25, 0.3) is 21.5 Å². The number of nitrogens with one attached hydrogen (secondary N) is 1. The first-order chi connectivity index (χ1) is 14.7. The third kappa shape index (κ3) is 4.23. The van der Waals surface area contributed by atoms with Crippen LogP contribution >= 0.6 is 11.3 Å². The minimum absolute atomic E-state index is 0.170. The number of carboxylic acid groups (broad SMARTS) is 1. The largest absolute Gasteiger partial charge is 0.492 e. The van der Waals surface area contributed by atoms with Crippen molar-refractivity contribution in [3.63, 3.8) is 0 Å². The van der Waals surface area contributed by atoms with Crippen LogP contribution < -0.4 is 10.1 Å². The molecule has 152 valence electrons. The van der Waals surface area contributed by atoms with E-state index in [1.165, 1.54) is 11.9 Å². The van der Waals surface area contributed by atoms with Crippen LogP contribution in [-0.4, -0.2) is 39.2 Å². The highest BCUT2D eigenvalue weighted by Crippen LogP contribution is 2.36. The maximum absolute atomic E-state index is 11.5. The van der Waals surface area contributed by atoms with Gasteiger partial charge in [0.05, 0.1) is 22.7 Å². The maximum Gasteiger partial charge on any atom is 0.349 e. The summed E-state index contributed by atoms with van der Waals surface area (Å²) in [6.45, 7) is 2.90. The van der Waals surface area contributed by atoms with Gasteiger partial charge in [-0.25, -0.2) is 14.8 Å². The number of para-hydroxylation sites is 1. The summed E-state index contributed by atoms with van der Waals surface area (Å²) >= 11 is 1.14. The summed E-state index contributed by atoms with van der Waals surface area (Å²) in [4.78, 5) is 25.4. The average Bonchev–Trinajstić information content (AvgIpc) is 3.19. The van der Waals surface area contributed by atoms with Crippen LogP contribution in [0.5, 0.6) is 5.75 Å². The lowest BCUT2D eigenvalue weighted by Gasteiger charge is -2.08. The monoisotopic (exact) mass is 420 g/mol. The van der Waals surface area contributed by atoms with Gasteiger partial charge in [0.2, 0.25) is 0 Å². The molecule has 1 aromatic carbocycles. The van der Waals surface area contributed by atoms with Gasteiger partial charge in [-0.05, 0) is 25.0 Å². The van der Waals surface area contributed by atoms with Crippen LogP contribution in [-0.2, 0) is 6.42 Å². The fraction of sp³-hybridized carbons (Fsp3) is 0.182. The second-order valence-corrected chi connectivity index (χ2v) is 7.55. The molecule has 30 heavy (non-hydrogen) atoms. The number of benzene rings is 1. The van der Waals surface area contributed by atoms with Crippen molar-refractivity contribution in [2.45, 2.75) is 13.3 Å². The van der Waals surface area contributed by atoms with Crippen LogP contribution in [0.3, 0.4) is 0 Å². The molecule has 0 saturated carbocycles. The SMILES string of the molecule is CCOc1cc(-c2cc(NCCc3cccc4cccnc34)ncn2)sc1C(=O)O. The average molecular weight is 420 g/mol. The summed E-state index contributed by atoms with van der Waals surface area (Å²) < 4.78 is 5.44. The molecule has 0 unspecified atom stereocenters. The molecule has 2 N–H and O–H groups in total. The zero-order valence-electron chi connectivity index (χ0n) is 16.3. The van der Waals surface area contributed by atoms with Gasteiger partial charge >= 0.3 is 5.97 Å². The van der Waals surface area contributed by atoms with Crippen molar-refractivity contribution in [3.05, 3.63) is 65.4 Å². The molecule has 8 heteroatoms. The van der Waals surface area contributed by atoms with E-state index in [1.54, 1.807) is 12.3 Å². The number of carboxylic acids is 1. The number of hydrogen-bond donors (Lipinski definition) is 2. The Morgan fingerprint density at radius 3 is 2.87 bits per heavy atom. The Morgan fingerprint density at radius 2 is 2.03 bits per heavy atom.